The first-order valence-electron chi connectivity index (χ1n) is 14.0. The number of methoxy groups -OCH3 is 1. The largest absolute Gasteiger partial charge is 0.497 e. The number of nitrogens with one attached hydrogen (secondary N) is 2. The quantitative estimate of drug-likeness (QED) is 0.229. The molecule has 1 fully saturated rings. The van der Waals surface area contributed by atoms with Gasteiger partial charge in [0, 0.05) is 34.6 Å². The summed E-state index contributed by atoms with van der Waals surface area (Å²) in [5, 5.41) is 4.45. The highest BCUT2D eigenvalue weighted by molar-refractivity contribution is 6.31. The van der Waals surface area contributed by atoms with Gasteiger partial charge in [-0.25, -0.2) is 9.69 Å². The lowest BCUT2D eigenvalue weighted by Gasteiger charge is -2.36. The van der Waals surface area contributed by atoms with E-state index in [0.29, 0.717) is 17.2 Å². The molecule has 3 heterocycles. The SMILES string of the molecule is COc1ccc([C@H]2c3[nH]c4ccccc4c3C[C@H]3C(=O)N(c4ccccc4C(=O)NCc4ccccc4Cl)C(=O)N23)cc1. The Morgan fingerprint density at radius 2 is 1.67 bits per heavy atom. The summed E-state index contributed by atoms with van der Waals surface area (Å²) >= 11 is 6.28. The molecule has 5 aromatic rings. The number of ether oxygens (including phenoxy) is 1. The second-order valence-electron chi connectivity index (χ2n) is 10.6. The summed E-state index contributed by atoms with van der Waals surface area (Å²) < 4.78 is 5.37. The van der Waals surface area contributed by atoms with Crippen molar-refractivity contribution in [3.63, 3.8) is 0 Å². The number of hydrogen-bond acceptors (Lipinski definition) is 4. The van der Waals surface area contributed by atoms with Crippen molar-refractivity contribution in [1.82, 2.24) is 15.2 Å². The van der Waals surface area contributed by atoms with Crippen molar-refractivity contribution in [2.24, 2.45) is 0 Å². The Morgan fingerprint density at radius 3 is 2.47 bits per heavy atom. The number of carbonyl (C=O) groups is 3. The molecule has 4 aromatic carbocycles. The van der Waals surface area contributed by atoms with E-state index in [1.165, 1.54) is 0 Å². The summed E-state index contributed by atoms with van der Waals surface area (Å²) in [6.45, 7) is 0.199. The van der Waals surface area contributed by atoms with Gasteiger partial charge in [-0.2, -0.15) is 0 Å². The van der Waals surface area contributed by atoms with Gasteiger partial charge < -0.3 is 15.0 Å². The minimum atomic E-state index is -0.745. The van der Waals surface area contributed by atoms with Gasteiger partial charge in [-0.05, 0) is 53.1 Å². The third-order valence-electron chi connectivity index (χ3n) is 8.27. The lowest BCUT2D eigenvalue weighted by atomic mass is 9.89. The van der Waals surface area contributed by atoms with Gasteiger partial charge in [-0.15, -0.1) is 0 Å². The van der Waals surface area contributed by atoms with Crippen LogP contribution < -0.4 is 15.0 Å². The lowest BCUT2D eigenvalue weighted by Crippen LogP contribution is -2.44. The number of fused-ring (bicyclic) bond motifs is 4. The summed E-state index contributed by atoms with van der Waals surface area (Å²) in [6, 6.07) is 27.6. The molecular formula is C34H27ClN4O4. The second-order valence-corrected chi connectivity index (χ2v) is 11.0. The molecule has 2 N–H and O–H groups in total. The highest BCUT2D eigenvalue weighted by atomic mass is 35.5. The lowest BCUT2D eigenvalue weighted by molar-refractivity contribution is -0.120. The first kappa shape index (κ1) is 26.8. The maximum atomic E-state index is 14.3. The molecule has 0 bridgehead atoms. The fraction of sp³-hybridized carbons (Fsp3) is 0.147. The molecular weight excluding hydrogens is 564 g/mol. The minimum Gasteiger partial charge on any atom is -0.497 e. The first-order chi connectivity index (χ1) is 21.0. The number of imide groups is 1. The molecule has 214 valence electrons. The number of urea groups is 1. The summed E-state index contributed by atoms with van der Waals surface area (Å²) in [6.07, 6.45) is 0.355. The molecule has 2 atom stereocenters. The Balaban J connectivity index is 1.28. The van der Waals surface area contributed by atoms with E-state index in [2.05, 4.69) is 10.3 Å². The van der Waals surface area contributed by atoms with Crippen LogP contribution in [-0.4, -0.2) is 40.9 Å². The molecule has 7 rings (SSSR count). The van der Waals surface area contributed by atoms with Crippen molar-refractivity contribution >= 4 is 46.0 Å². The van der Waals surface area contributed by atoms with Crippen molar-refractivity contribution in [2.45, 2.75) is 25.0 Å². The molecule has 4 amide bonds. The Labute approximate surface area is 252 Å². The number of aromatic amines is 1. The van der Waals surface area contributed by atoms with E-state index in [4.69, 9.17) is 16.3 Å². The van der Waals surface area contributed by atoms with Crippen LogP contribution in [0.1, 0.15) is 38.8 Å². The number of para-hydroxylation sites is 2. The molecule has 9 heteroatoms. The number of rotatable bonds is 6. The average molecular weight is 591 g/mol. The predicted octanol–water partition coefficient (Wildman–Crippen LogP) is 6.24. The van der Waals surface area contributed by atoms with Gasteiger partial charge in [0.1, 0.15) is 17.8 Å². The molecule has 0 saturated carbocycles. The third-order valence-corrected chi connectivity index (χ3v) is 8.64. The molecule has 0 unspecified atom stereocenters. The number of carbonyl (C=O) groups excluding carboxylic acids is 3. The molecule has 2 aliphatic heterocycles. The zero-order chi connectivity index (χ0) is 29.7. The van der Waals surface area contributed by atoms with Crippen LogP contribution in [0.2, 0.25) is 5.02 Å². The average Bonchev–Trinajstić information content (AvgIpc) is 3.53. The van der Waals surface area contributed by atoms with Crippen LogP contribution in [-0.2, 0) is 17.8 Å². The van der Waals surface area contributed by atoms with E-state index in [1.807, 2.05) is 66.7 Å². The summed E-state index contributed by atoms with van der Waals surface area (Å²) in [5.41, 5.74) is 4.89. The Hall–Kier alpha value is -5.08. The maximum Gasteiger partial charge on any atom is 0.332 e. The van der Waals surface area contributed by atoms with E-state index in [9.17, 15) is 14.4 Å². The van der Waals surface area contributed by atoms with Crippen molar-refractivity contribution in [1.29, 1.82) is 0 Å². The van der Waals surface area contributed by atoms with Crippen molar-refractivity contribution in [2.75, 3.05) is 12.0 Å². The van der Waals surface area contributed by atoms with Gasteiger partial charge in [-0.3, -0.25) is 14.5 Å². The molecule has 0 aliphatic carbocycles. The van der Waals surface area contributed by atoms with Gasteiger partial charge in [0.2, 0.25) is 0 Å². The molecule has 0 radical (unpaired) electrons. The normalized spacial score (nSPS) is 17.6. The van der Waals surface area contributed by atoms with Crippen LogP contribution in [0.5, 0.6) is 5.75 Å². The number of anilines is 1. The molecule has 8 nitrogen and oxygen atoms in total. The zero-order valence-corrected chi connectivity index (χ0v) is 24.0. The standard InChI is InChI=1S/C34H27ClN4O4/c1-43-22-16-14-20(15-17-22)31-30-25(23-9-3-6-12-27(23)37-30)18-29-33(41)39(34(42)38(29)31)28-13-7-4-10-24(28)32(40)36-19-21-8-2-5-11-26(21)35/h2-17,29,31,37H,18-19H2,1H3,(H,36,40)/t29-,31-/m0/s1. The molecule has 2 aliphatic rings. The van der Waals surface area contributed by atoms with Gasteiger partial charge in [0.25, 0.3) is 11.8 Å². The van der Waals surface area contributed by atoms with Gasteiger partial charge in [0.15, 0.2) is 0 Å². The van der Waals surface area contributed by atoms with Crippen molar-refractivity contribution in [3.05, 3.63) is 130 Å². The molecule has 1 aromatic heterocycles. The predicted molar refractivity (Wildman–Crippen MR) is 164 cm³/mol. The fourth-order valence-electron chi connectivity index (χ4n) is 6.20. The second kappa shape index (κ2) is 10.6. The first-order valence-corrected chi connectivity index (χ1v) is 14.3. The van der Waals surface area contributed by atoms with Gasteiger partial charge in [0.05, 0.1) is 18.4 Å². The van der Waals surface area contributed by atoms with E-state index in [1.54, 1.807) is 42.3 Å². The molecule has 1 saturated heterocycles. The number of amides is 4. The molecule has 43 heavy (non-hydrogen) atoms. The highest BCUT2D eigenvalue weighted by Crippen LogP contribution is 2.45. The Morgan fingerprint density at radius 1 is 0.953 bits per heavy atom. The third kappa shape index (κ3) is 4.42. The smallest absolute Gasteiger partial charge is 0.332 e. The Kier molecular flexibility index (Phi) is 6.63. The van der Waals surface area contributed by atoms with Crippen LogP contribution in [0, 0.1) is 0 Å². The van der Waals surface area contributed by atoms with Crippen LogP contribution in [0.15, 0.2) is 97.1 Å². The fourth-order valence-corrected chi connectivity index (χ4v) is 6.40. The van der Waals surface area contributed by atoms with Crippen LogP contribution in [0.4, 0.5) is 10.5 Å². The topological polar surface area (TPSA) is 94.7 Å². The van der Waals surface area contributed by atoms with E-state index < -0.39 is 24.0 Å². The van der Waals surface area contributed by atoms with E-state index >= 15 is 0 Å². The van der Waals surface area contributed by atoms with Crippen molar-refractivity contribution in [3.8, 4) is 5.75 Å². The van der Waals surface area contributed by atoms with Gasteiger partial charge in [-0.1, -0.05) is 72.3 Å². The monoisotopic (exact) mass is 590 g/mol. The number of benzene rings is 4. The zero-order valence-electron chi connectivity index (χ0n) is 23.2. The molecule has 0 spiro atoms. The number of nitrogens with zero attached hydrogens (tertiary/aromatic N) is 2. The van der Waals surface area contributed by atoms with Gasteiger partial charge >= 0.3 is 6.03 Å². The number of H-pyrrole nitrogens is 1. The maximum absolute atomic E-state index is 14.3. The Bertz CT molecular complexity index is 1900. The number of aromatic nitrogens is 1. The summed E-state index contributed by atoms with van der Waals surface area (Å²) in [4.78, 5) is 48.3. The van der Waals surface area contributed by atoms with Crippen LogP contribution in [0.3, 0.4) is 0 Å². The summed E-state index contributed by atoms with van der Waals surface area (Å²) in [7, 11) is 1.60. The van der Waals surface area contributed by atoms with Crippen LogP contribution in [0.25, 0.3) is 10.9 Å². The summed E-state index contributed by atoms with van der Waals surface area (Å²) in [5.74, 6) is -0.0927. The minimum absolute atomic E-state index is 0.199. The van der Waals surface area contributed by atoms with Crippen LogP contribution >= 0.6 is 11.6 Å². The van der Waals surface area contributed by atoms with E-state index in [0.717, 1.165) is 38.2 Å². The highest BCUT2D eigenvalue weighted by Gasteiger charge is 2.53. The number of halogens is 1. The van der Waals surface area contributed by atoms with E-state index in [-0.39, 0.29) is 23.7 Å². The van der Waals surface area contributed by atoms with Crippen molar-refractivity contribution < 1.29 is 19.1 Å². The number of hydrogen-bond donors (Lipinski definition) is 2.